The Morgan fingerprint density at radius 2 is 2.23 bits per heavy atom. The smallest absolute Gasteiger partial charge is 0.262 e. The predicted octanol–water partition coefficient (Wildman–Crippen LogP) is 1.02. The van der Waals surface area contributed by atoms with Gasteiger partial charge < -0.3 is 5.11 Å². The Morgan fingerprint density at radius 3 is 2.77 bits per heavy atom. The number of nitrogens with zero attached hydrogens (tertiary/aromatic N) is 1. The third kappa shape index (κ3) is 1.12. The van der Waals surface area contributed by atoms with Crippen molar-refractivity contribution in [1.82, 2.24) is 4.90 Å². The monoisotopic (exact) mass is 189 g/mol. The second-order valence-corrected chi connectivity index (χ2v) is 4.00. The fourth-order valence-corrected chi connectivity index (χ4v) is 2.44. The molecule has 0 amide bonds. The molecule has 0 aromatic rings. The Kier molecular flexibility index (Phi) is 1.76. The van der Waals surface area contributed by atoms with Crippen molar-refractivity contribution in [3.05, 3.63) is 12.2 Å². The molecule has 2 rings (SSSR count). The molecule has 2 saturated heterocycles. The number of alkyl halides is 2. The summed E-state index contributed by atoms with van der Waals surface area (Å²) in [5.74, 6) is -2.66. The van der Waals surface area contributed by atoms with E-state index in [0.717, 1.165) is 12.0 Å². The quantitative estimate of drug-likeness (QED) is 0.622. The zero-order valence-corrected chi connectivity index (χ0v) is 7.39. The Morgan fingerprint density at radius 1 is 1.54 bits per heavy atom. The molecule has 1 atom stereocenters. The van der Waals surface area contributed by atoms with Crippen LogP contribution >= 0.6 is 0 Å². The number of fused-ring (bicyclic) bond motifs is 1. The highest BCUT2D eigenvalue weighted by molar-refractivity contribution is 5.27. The minimum Gasteiger partial charge on any atom is -0.394 e. The van der Waals surface area contributed by atoms with Gasteiger partial charge in [-0.25, -0.2) is 8.78 Å². The molecule has 2 nitrogen and oxygen atoms in total. The van der Waals surface area contributed by atoms with Crippen LogP contribution in [0, 0.1) is 0 Å². The van der Waals surface area contributed by atoms with Gasteiger partial charge in [-0.2, -0.15) is 0 Å². The molecular formula is C9H13F2NO. The molecule has 0 aliphatic carbocycles. The van der Waals surface area contributed by atoms with E-state index in [4.69, 9.17) is 0 Å². The minimum absolute atomic E-state index is 0.230. The summed E-state index contributed by atoms with van der Waals surface area (Å²) < 4.78 is 26.2. The number of hydrogen-bond acceptors (Lipinski definition) is 2. The summed E-state index contributed by atoms with van der Waals surface area (Å²) >= 11 is 0. The molecule has 2 fully saturated rings. The van der Waals surface area contributed by atoms with Gasteiger partial charge in [0.15, 0.2) is 0 Å². The highest BCUT2D eigenvalue weighted by atomic mass is 19.3. The maximum Gasteiger partial charge on any atom is 0.262 e. The second kappa shape index (κ2) is 2.51. The summed E-state index contributed by atoms with van der Waals surface area (Å²) in [5.41, 5.74) is -0.0593. The zero-order chi connectivity index (χ0) is 9.69. The molecule has 0 bridgehead atoms. The first kappa shape index (κ1) is 9.09. The Labute approximate surface area is 75.8 Å². The van der Waals surface area contributed by atoms with E-state index in [1.54, 1.807) is 4.90 Å². The van der Waals surface area contributed by atoms with Crippen LogP contribution in [0.1, 0.15) is 12.8 Å². The van der Waals surface area contributed by atoms with Crippen LogP contribution in [0.5, 0.6) is 0 Å². The van der Waals surface area contributed by atoms with Gasteiger partial charge in [-0.3, -0.25) is 4.90 Å². The van der Waals surface area contributed by atoms with Gasteiger partial charge >= 0.3 is 0 Å². The average Bonchev–Trinajstić information content (AvgIpc) is 2.46. The second-order valence-electron chi connectivity index (χ2n) is 4.00. The van der Waals surface area contributed by atoms with Gasteiger partial charge in [-0.1, -0.05) is 12.2 Å². The lowest BCUT2D eigenvalue weighted by Gasteiger charge is -2.29. The van der Waals surface area contributed by atoms with E-state index in [9.17, 15) is 13.9 Å². The van der Waals surface area contributed by atoms with E-state index in [-0.39, 0.29) is 19.6 Å². The standard InChI is InChI=1S/C9H13F2NO/c1-7-2-3-12-5-9(10,11)4-8(7,12)6-13/h13H,1-6H2. The Hall–Kier alpha value is -0.480. The number of aliphatic hydroxyl groups excluding tert-OH is 1. The van der Waals surface area contributed by atoms with Crippen molar-refractivity contribution in [3.63, 3.8) is 0 Å². The molecule has 1 unspecified atom stereocenters. The van der Waals surface area contributed by atoms with Crippen molar-refractivity contribution < 1.29 is 13.9 Å². The van der Waals surface area contributed by atoms with Gasteiger partial charge in [0.05, 0.1) is 18.7 Å². The molecule has 1 N–H and O–H groups in total. The highest BCUT2D eigenvalue weighted by Crippen LogP contribution is 2.47. The van der Waals surface area contributed by atoms with Crippen molar-refractivity contribution >= 4 is 0 Å². The molecule has 4 heteroatoms. The van der Waals surface area contributed by atoms with E-state index < -0.39 is 11.5 Å². The van der Waals surface area contributed by atoms with Crippen molar-refractivity contribution in [2.24, 2.45) is 0 Å². The molecule has 0 aromatic heterocycles. The lowest BCUT2D eigenvalue weighted by Crippen LogP contribution is -2.42. The third-order valence-electron chi connectivity index (χ3n) is 3.18. The van der Waals surface area contributed by atoms with Crippen LogP contribution in [-0.2, 0) is 0 Å². The Bertz CT molecular complexity index is 254. The van der Waals surface area contributed by atoms with Gasteiger partial charge in [-0.15, -0.1) is 0 Å². The lowest BCUT2D eigenvalue weighted by molar-refractivity contribution is 0.00972. The molecule has 2 aliphatic heterocycles. The fourth-order valence-electron chi connectivity index (χ4n) is 2.44. The van der Waals surface area contributed by atoms with Crippen LogP contribution in [-0.4, -0.2) is 41.2 Å². The van der Waals surface area contributed by atoms with Gasteiger partial charge in [0.25, 0.3) is 5.92 Å². The van der Waals surface area contributed by atoms with Crippen LogP contribution in [0.2, 0.25) is 0 Å². The molecule has 0 radical (unpaired) electrons. The molecule has 0 saturated carbocycles. The number of aliphatic hydroxyl groups is 1. The summed E-state index contributed by atoms with van der Waals surface area (Å²) in [6.45, 7) is 3.91. The Balaban J connectivity index is 2.32. The maximum atomic E-state index is 13.1. The number of rotatable bonds is 1. The third-order valence-corrected chi connectivity index (χ3v) is 3.18. The predicted molar refractivity (Wildman–Crippen MR) is 44.7 cm³/mol. The number of halogens is 2. The SMILES string of the molecule is C=C1CCN2CC(F)(F)CC12CO. The first-order valence-electron chi connectivity index (χ1n) is 4.42. The van der Waals surface area contributed by atoms with Crippen molar-refractivity contribution in [3.8, 4) is 0 Å². The maximum absolute atomic E-state index is 13.1. The molecule has 0 aromatic carbocycles. The van der Waals surface area contributed by atoms with E-state index >= 15 is 0 Å². The lowest BCUT2D eigenvalue weighted by atomic mass is 9.90. The van der Waals surface area contributed by atoms with Crippen LogP contribution in [0.4, 0.5) is 8.78 Å². The average molecular weight is 189 g/mol. The van der Waals surface area contributed by atoms with Gasteiger partial charge in [-0.05, 0) is 6.42 Å². The van der Waals surface area contributed by atoms with Crippen molar-refractivity contribution in [2.45, 2.75) is 24.3 Å². The van der Waals surface area contributed by atoms with E-state index in [1.807, 2.05) is 0 Å². The first-order valence-corrected chi connectivity index (χ1v) is 4.42. The topological polar surface area (TPSA) is 23.5 Å². The molecule has 74 valence electrons. The van der Waals surface area contributed by atoms with Crippen LogP contribution in [0.25, 0.3) is 0 Å². The van der Waals surface area contributed by atoms with E-state index in [0.29, 0.717) is 6.54 Å². The molecular weight excluding hydrogens is 176 g/mol. The molecule has 2 heterocycles. The van der Waals surface area contributed by atoms with E-state index in [2.05, 4.69) is 6.58 Å². The molecule has 0 spiro atoms. The van der Waals surface area contributed by atoms with Gasteiger partial charge in [0.2, 0.25) is 0 Å². The summed E-state index contributed by atoms with van der Waals surface area (Å²) in [4.78, 5) is 1.66. The van der Waals surface area contributed by atoms with Crippen LogP contribution in [0.15, 0.2) is 12.2 Å². The van der Waals surface area contributed by atoms with Crippen LogP contribution in [0.3, 0.4) is 0 Å². The highest BCUT2D eigenvalue weighted by Gasteiger charge is 2.57. The zero-order valence-electron chi connectivity index (χ0n) is 7.39. The first-order chi connectivity index (χ1) is 6.00. The van der Waals surface area contributed by atoms with Gasteiger partial charge in [0.1, 0.15) is 0 Å². The summed E-state index contributed by atoms with van der Waals surface area (Å²) in [5, 5.41) is 9.19. The summed E-state index contributed by atoms with van der Waals surface area (Å²) in [6.07, 6.45) is 0.464. The van der Waals surface area contributed by atoms with Crippen molar-refractivity contribution in [2.75, 3.05) is 19.7 Å². The van der Waals surface area contributed by atoms with Crippen molar-refractivity contribution in [1.29, 1.82) is 0 Å². The van der Waals surface area contributed by atoms with Crippen LogP contribution < -0.4 is 0 Å². The molecule has 13 heavy (non-hydrogen) atoms. The van der Waals surface area contributed by atoms with E-state index in [1.165, 1.54) is 0 Å². The molecule has 2 aliphatic rings. The normalized spacial score (nSPS) is 38.2. The number of hydrogen-bond donors (Lipinski definition) is 1. The fraction of sp³-hybridized carbons (Fsp3) is 0.778. The summed E-state index contributed by atoms with van der Waals surface area (Å²) in [7, 11) is 0. The largest absolute Gasteiger partial charge is 0.394 e. The summed E-state index contributed by atoms with van der Waals surface area (Å²) in [6, 6.07) is 0. The minimum atomic E-state index is -2.66. The van der Waals surface area contributed by atoms with Gasteiger partial charge in [0, 0.05) is 13.0 Å².